The van der Waals surface area contributed by atoms with E-state index >= 15 is 0 Å². The van der Waals surface area contributed by atoms with E-state index in [9.17, 15) is 14.4 Å². The summed E-state index contributed by atoms with van der Waals surface area (Å²) in [5.74, 6) is -0.999. The number of carbonyl (C=O) groups is 2. The van der Waals surface area contributed by atoms with Crippen LogP contribution in [-0.4, -0.2) is 29.5 Å². The molecule has 0 fully saturated rings. The number of nitrogens with zero attached hydrogens (tertiary/aromatic N) is 1. The summed E-state index contributed by atoms with van der Waals surface area (Å²) in [4.78, 5) is 33.7. The number of carbonyl (C=O) groups excluding carboxylic acids is 3. The quantitative estimate of drug-likeness (QED) is 0.730. The molecule has 0 saturated heterocycles. The van der Waals surface area contributed by atoms with Crippen LogP contribution in [0.25, 0.3) is 6.08 Å². The average molecular weight is 230 g/mol. The van der Waals surface area contributed by atoms with Gasteiger partial charge in [-0.3, -0.25) is 19.3 Å². The fourth-order valence-electron chi connectivity index (χ4n) is 1.23. The third kappa shape index (κ3) is 4.03. The van der Waals surface area contributed by atoms with E-state index in [4.69, 9.17) is 0 Å². The highest BCUT2D eigenvalue weighted by atomic mass is 16.2. The molecule has 0 unspecified atom stereocenters. The molecule has 4 heteroatoms. The lowest BCUT2D eigenvalue weighted by atomic mass is 10.2. The molecule has 0 N–H and O–H groups in total. The highest BCUT2D eigenvalue weighted by Crippen LogP contribution is 2.02. The van der Waals surface area contributed by atoms with Gasteiger partial charge in [0.05, 0.1) is 6.54 Å². The monoisotopic (exact) mass is 230 g/mol. The topological polar surface area (TPSA) is 54.5 Å². The largest absolute Gasteiger partial charge is 0.289 e. The van der Waals surface area contributed by atoms with E-state index in [0.717, 1.165) is 10.5 Å². The molecule has 87 valence electrons. The minimum absolute atomic E-state index is 0.340. The zero-order valence-corrected chi connectivity index (χ0v) is 9.42. The van der Waals surface area contributed by atoms with E-state index in [-0.39, 0.29) is 6.54 Å². The molecule has 17 heavy (non-hydrogen) atoms. The summed E-state index contributed by atoms with van der Waals surface area (Å²) < 4.78 is 0. The smallest absolute Gasteiger partial charge is 0.253 e. The van der Waals surface area contributed by atoms with Crippen molar-refractivity contribution >= 4 is 24.2 Å². The van der Waals surface area contributed by atoms with E-state index in [1.807, 2.05) is 30.3 Å². The van der Waals surface area contributed by atoms with E-state index in [1.54, 1.807) is 6.08 Å². The van der Waals surface area contributed by atoms with Crippen LogP contribution in [0.5, 0.6) is 0 Å². The summed E-state index contributed by atoms with van der Waals surface area (Å²) in [5, 5.41) is 0. The van der Waals surface area contributed by atoms with Crippen LogP contribution < -0.4 is 0 Å². The van der Waals surface area contributed by atoms with Gasteiger partial charge in [0.15, 0.2) is 0 Å². The van der Waals surface area contributed by atoms with Gasteiger partial charge in [0.1, 0.15) is 0 Å². The first-order chi connectivity index (χ1) is 8.15. The van der Waals surface area contributed by atoms with Crippen molar-refractivity contribution < 1.29 is 14.4 Å². The van der Waals surface area contributed by atoms with Gasteiger partial charge < -0.3 is 0 Å². The fourth-order valence-corrected chi connectivity index (χ4v) is 1.23. The van der Waals surface area contributed by atoms with Gasteiger partial charge in [0, 0.05) is 13.0 Å². The molecule has 1 aromatic carbocycles. The molecule has 0 aliphatic carbocycles. The second-order valence-electron chi connectivity index (χ2n) is 3.33. The van der Waals surface area contributed by atoms with Gasteiger partial charge in [-0.25, -0.2) is 0 Å². The summed E-state index contributed by atoms with van der Waals surface area (Å²) >= 11 is 0. The predicted molar refractivity (Wildman–Crippen MR) is 63.6 cm³/mol. The molecule has 0 heterocycles. The standard InChI is InChI=1S/C13H12NO3/c1-11(16)14(9-10-15)13(17)8-7-12-5-3-2-4-6-12/h2-8H,9H2,1H3. The maximum absolute atomic E-state index is 11.6. The van der Waals surface area contributed by atoms with Crippen LogP contribution in [-0.2, 0) is 14.4 Å². The minimum atomic E-state index is -0.523. The van der Waals surface area contributed by atoms with Gasteiger partial charge in [0.2, 0.25) is 12.2 Å². The fraction of sp³-hybridized carbons (Fsp3) is 0.154. The Morgan fingerprint density at radius 2 is 1.94 bits per heavy atom. The van der Waals surface area contributed by atoms with Gasteiger partial charge in [0.25, 0.3) is 5.91 Å². The van der Waals surface area contributed by atoms with Gasteiger partial charge in [-0.05, 0) is 11.6 Å². The van der Waals surface area contributed by atoms with E-state index in [1.165, 1.54) is 19.3 Å². The lowest BCUT2D eigenvalue weighted by molar-refractivity contribution is -0.139. The lowest BCUT2D eigenvalue weighted by Gasteiger charge is -2.12. The van der Waals surface area contributed by atoms with Crippen molar-refractivity contribution in [3.8, 4) is 0 Å². The Hall–Kier alpha value is -2.23. The molecule has 4 nitrogen and oxygen atoms in total. The predicted octanol–water partition coefficient (Wildman–Crippen LogP) is 1.18. The van der Waals surface area contributed by atoms with Crippen LogP contribution in [0.15, 0.2) is 36.4 Å². The van der Waals surface area contributed by atoms with Crippen LogP contribution in [0.2, 0.25) is 0 Å². The molecule has 2 amide bonds. The van der Waals surface area contributed by atoms with Gasteiger partial charge in [-0.15, -0.1) is 0 Å². The van der Waals surface area contributed by atoms with E-state index in [0.29, 0.717) is 0 Å². The van der Waals surface area contributed by atoms with E-state index in [2.05, 4.69) is 0 Å². The maximum Gasteiger partial charge on any atom is 0.253 e. The molecule has 0 atom stereocenters. The molecule has 0 aliphatic rings. The number of hydrogen-bond donors (Lipinski definition) is 0. The molecule has 1 radical (unpaired) electrons. The van der Waals surface area contributed by atoms with Crippen LogP contribution in [0.3, 0.4) is 0 Å². The van der Waals surface area contributed by atoms with Crippen molar-refractivity contribution in [2.45, 2.75) is 6.92 Å². The molecule has 0 saturated carbocycles. The van der Waals surface area contributed by atoms with Gasteiger partial charge in [-0.1, -0.05) is 30.3 Å². The first-order valence-corrected chi connectivity index (χ1v) is 5.05. The van der Waals surface area contributed by atoms with Crippen molar-refractivity contribution in [3.05, 3.63) is 42.0 Å². The molecule has 0 bridgehead atoms. The minimum Gasteiger partial charge on any atom is -0.289 e. The van der Waals surface area contributed by atoms with E-state index < -0.39 is 11.8 Å². The van der Waals surface area contributed by atoms with Crippen molar-refractivity contribution in [1.82, 2.24) is 4.90 Å². The Balaban J connectivity index is 2.73. The summed E-state index contributed by atoms with van der Waals surface area (Å²) in [5.41, 5.74) is 0.847. The molecule has 0 aliphatic heterocycles. The normalized spacial score (nSPS) is 10.2. The Morgan fingerprint density at radius 1 is 1.29 bits per heavy atom. The molecular weight excluding hydrogens is 218 g/mol. The second kappa shape index (κ2) is 6.37. The third-order valence-electron chi connectivity index (χ3n) is 2.09. The highest BCUT2D eigenvalue weighted by molar-refractivity contribution is 6.03. The first-order valence-electron chi connectivity index (χ1n) is 5.05. The third-order valence-corrected chi connectivity index (χ3v) is 2.09. The van der Waals surface area contributed by atoms with Crippen LogP contribution in [0.1, 0.15) is 12.5 Å². The Labute approximate surface area is 99.5 Å². The molecule has 1 rings (SSSR count). The summed E-state index contributed by atoms with van der Waals surface area (Å²) in [6.45, 7) is 0.888. The maximum atomic E-state index is 11.6. The number of amides is 2. The van der Waals surface area contributed by atoms with Crippen molar-refractivity contribution in [2.24, 2.45) is 0 Å². The SMILES string of the molecule is CC(=O)N(C[C]=O)C(=O)C=Cc1ccccc1. The van der Waals surface area contributed by atoms with Crippen LogP contribution in [0.4, 0.5) is 0 Å². The molecular formula is C13H12NO3. The van der Waals surface area contributed by atoms with Crippen molar-refractivity contribution in [3.63, 3.8) is 0 Å². The Bertz CT molecular complexity index is 437. The number of rotatable bonds is 4. The zero-order chi connectivity index (χ0) is 12.7. The molecule has 0 aromatic heterocycles. The summed E-state index contributed by atoms with van der Waals surface area (Å²) in [6.07, 6.45) is 4.37. The number of hydrogen-bond acceptors (Lipinski definition) is 3. The molecule has 0 spiro atoms. The number of imide groups is 1. The number of benzene rings is 1. The zero-order valence-electron chi connectivity index (χ0n) is 9.42. The van der Waals surface area contributed by atoms with Crippen LogP contribution in [0, 0.1) is 0 Å². The highest BCUT2D eigenvalue weighted by Gasteiger charge is 2.14. The average Bonchev–Trinajstić information content (AvgIpc) is 2.34. The summed E-state index contributed by atoms with van der Waals surface area (Å²) in [6, 6.07) is 9.20. The Kier molecular flexibility index (Phi) is 4.81. The summed E-state index contributed by atoms with van der Waals surface area (Å²) in [7, 11) is 0. The van der Waals surface area contributed by atoms with Crippen molar-refractivity contribution in [2.75, 3.05) is 6.54 Å². The van der Waals surface area contributed by atoms with Crippen molar-refractivity contribution in [1.29, 1.82) is 0 Å². The Morgan fingerprint density at radius 3 is 2.47 bits per heavy atom. The van der Waals surface area contributed by atoms with Crippen LogP contribution >= 0.6 is 0 Å². The second-order valence-corrected chi connectivity index (χ2v) is 3.33. The lowest BCUT2D eigenvalue weighted by Crippen LogP contribution is -2.35. The molecule has 1 aromatic rings. The van der Waals surface area contributed by atoms with Gasteiger partial charge >= 0.3 is 0 Å². The first kappa shape index (κ1) is 12.8. The van der Waals surface area contributed by atoms with Gasteiger partial charge in [-0.2, -0.15) is 0 Å².